The van der Waals surface area contributed by atoms with Crippen LogP contribution in [0.3, 0.4) is 0 Å². The van der Waals surface area contributed by atoms with Crippen molar-refractivity contribution in [1.82, 2.24) is 19.8 Å². The van der Waals surface area contributed by atoms with Crippen LogP contribution in [-0.4, -0.2) is 70.5 Å². The predicted molar refractivity (Wildman–Crippen MR) is 78.5 cm³/mol. The Hall–Kier alpha value is -1.00. The summed E-state index contributed by atoms with van der Waals surface area (Å²) in [6.07, 6.45) is 2.14. The second-order valence-corrected chi connectivity index (χ2v) is 6.37. The zero-order valence-electron chi connectivity index (χ0n) is 12.8. The lowest BCUT2D eigenvalue weighted by Gasteiger charge is -2.21. The van der Waals surface area contributed by atoms with Gasteiger partial charge in [-0.1, -0.05) is 0 Å². The van der Waals surface area contributed by atoms with Crippen LogP contribution in [0.15, 0.2) is 11.2 Å². The van der Waals surface area contributed by atoms with Gasteiger partial charge in [-0.05, 0) is 13.5 Å². The van der Waals surface area contributed by atoms with Crippen molar-refractivity contribution in [2.24, 2.45) is 0 Å². The van der Waals surface area contributed by atoms with E-state index in [-0.39, 0.29) is 5.03 Å². The average molecular weight is 320 g/mol. The van der Waals surface area contributed by atoms with Crippen LogP contribution in [0.5, 0.6) is 0 Å². The molecule has 8 nitrogen and oxygen atoms in total. The summed E-state index contributed by atoms with van der Waals surface area (Å²) in [6, 6.07) is 0. The molecule has 0 amide bonds. The highest BCUT2D eigenvalue weighted by molar-refractivity contribution is 7.89. The number of rotatable bonds is 11. The van der Waals surface area contributed by atoms with E-state index in [9.17, 15) is 8.42 Å². The Morgan fingerprint density at radius 1 is 1.29 bits per heavy atom. The number of hydrogen-bond donors (Lipinski definition) is 2. The van der Waals surface area contributed by atoms with Gasteiger partial charge in [-0.3, -0.25) is 5.10 Å². The summed E-state index contributed by atoms with van der Waals surface area (Å²) in [4.78, 5) is 0. The number of nitrogens with zero attached hydrogens (tertiary/aromatic N) is 2. The summed E-state index contributed by atoms with van der Waals surface area (Å²) in [5.74, 6) is 0. The van der Waals surface area contributed by atoms with E-state index < -0.39 is 10.0 Å². The number of aromatic nitrogens is 2. The van der Waals surface area contributed by atoms with E-state index in [1.165, 1.54) is 10.5 Å². The first kappa shape index (κ1) is 18.1. The van der Waals surface area contributed by atoms with E-state index in [1.54, 1.807) is 21.3 Å². The van der Waals surface area contributed by atoms with Gasteiger partial charge in [0.2, 0.25) is 0 Å². The molecule has 0 bridgehead atoms. The Bertz CT molecular complexity index is 503. The molecule has 0 aromatic carbocycles. The van der Waals surface area contributed by atoms with Gasteiger partial charge in [0.15, 0.2) is 5.03 Å². The minimum atomic E-state index is -3.62. The Kier molecular flexibility index (Phi) is 7.83. The van der Waals surface area contributed by atoms with Crippen molar-refractivity contribution >= 4 is 10.0 Å². The second kappa shape index (κ2) is 9.11. The molecule has 0 atom stereocenters. The first-order chi connectivity index (χ1) is 10.1. The SMILES string of the molecule is CNCc1cn[nH]c1S(=O)(=O)N(CCCOC)CCOC. The van der Waals surface area contributed by atoms with Crippen LogP contribution in [0.4, 0.5) is 0 Å². The minimum absolute atomic E-state index is 0.130. The summed E-state index contributed by atoms with van der Waals surface area (Å²) < 4.78 is 36.8. The normalized spacial score (nSPS) is 12.2. The molecule has 0 radical (unpaired) electrons. The fourth-order valence-electron chi connectivity index (χ4n) is 1.90. The number of sulfonamides is 1. The van der Waals surface area contributed by atoms with Gasteiger partial charge in [0.1, 0.15) is 0 Å². The summed E-state index contributed by atoms with van der Waals surface area (Å²) in [5.41, 5.74) is 0.617. The van der Waals surface area contributed by atoms with Crippen molar-refractivity contribution in [3.8, 4) is 0 Å². The van der Waals surface area contributed by atoms with Crippen LogP contribution in [-0.2, 0) is 26.0 Å². The fraction of sp³-hybridized carbons (Fsp3) is 0.750. The van der Waals surface area contributed by atoms with Gasteiger partial charge in [-0.15, -0.1) is 0 Å². The molecule has 0 unspecified atom stereocenters. The predicted octanol–water partition coefficient (Wildman–Crippen LogP) is -0.197. The number of methoxy groups -OCH3 is 2. The van der Waals surface area contributed by atoms with E-state index in [0.717, 1.165) is 0 Å². The lowest BCUT2D eigenvalue weighted by atomic mass is 10.4. The topological polar surface area (TPSA) is 96.5 Å². The maximum Gasteiger partial charge on any atom is 0.260 e. The molecule has 1 rings (SSSR count). The standard InChI is InChI=1S/C12H24N4O4S/c1-13-9-11-10-14-15-12(11)21(17,18)16(6-8-20-3)5-4-7-19-2/h10,13H,4-9H2,1-3H3,(H,14,15). The van der Waals surface area contributed by atoms with Gasteiger partial charge in [0, 0.05) is 46.0 Å². The molecule has 0 aliphatic heterocycles. The molecular weight excluding hydrogens is 296 g/mol. The molecular formula is C12H24N4O4S. The zero-order valence-corrected chi connectivity index (χ0v) is 13.6. The molecule has 0 aliphatic carbocycles. The lowest BCUT2D eigenvalue weighted by molar-refractivity contribution is 0.164. The van der Waals surface area contributed by atoms with E-state index in [0.29, 0.717) is 44.8 Å². The molecule has 0 aliphatic rings. The molecule has 9 heteroatoms. The quantitative estimate of drug-likeness (QED) is 0.548. The lowest BCUT2D eigenvalue weighted by Crippen LogP contribution is -2.36. The van der Waals surface area contributed by atoms with Gasteiger partial charge >= 0.3 is 0 Å². The molecule has 0 fully saturated rings. The molecule has 0 saturated carbocycles. The molecule has 122 valence electrons. The summed E-state index contributed by atoms with van der Waals surface area (Å²) in [5, 5.41) is 9.49. The second-order valence-electron chi connectivity index (χ2n) is 4.50. The number of nitrogens with one attached hydrogen (secondary N) is 2. The molecule has 1 heterocycles. The maximum absolute atomic E-state index is 12.7. The highest BCUT2D eigenvalue weighted by Crippen LogP contribution is 2.17. The highest BCUT2D eigenvalue weighted by Gasteiger charge is 2.28. The Morgan fingerprint density at radius 2 is 2.00 bits per heavy atom. The van der Waals surface area contributed by atoms with Crippen LogP contribution in [0.1, 0.15) is 12.0 Å². The van der Waals surface area contributed by atoms with Crippen LogP contribution in [0.2, 0.25) is 0 Å². The van der Waals surface area contributed by atoms with Crippen LogP contribution < -0.4 is 5.32 Å². The van der Waals surface area contributed by atoms with Crippen LogP contribution in [0, 0.1) is 0 Å². The number of hydrogen-bond acceptors (Lipinski definition) is 6. The molecule has 21 heavy (non-hydrogen) atoms. The maximum atomic E-state index is 12.7. The smallest absolute Gasteiger partial charge is 0.260 e. The monoisotopic (exact) mass is 320 g/mol. The molecule has 1 aromatic rings. The number of ether oxygens (including phenoxy) is 2. The first-order valence-electron chi connectivity index (χ1n) is 6.72. The van der Waals surface area contributed by atoms with Gasteiger partial charge in [-0.25, -0.2) is 8.42 Å². The van der Waals surface area contributed by atoms with Crippen LogP contribution >= 0.6 is 0 Å². The van der Waals surface area contributed by atoms with Gasteiger partial charge in [0.25, 0.3) is 10.0 Å². The highest BCUT2D eigenvalue weighted by atomic mass is 32.2. The van der Waals surface area contributed by atoms with Crippen molar-refractivity contribution in [3.63, 3.8) is 0 Å². The largest absolute Gasteiger partial charge is 0.385 e. The summed E-state index contributed by atoms with van der Waals surface area (Å²) in [6.45, 7) is 1.94. The van der Waals surface area contributed by atoms with Crippen molar-refractivity contribution in [3.05, 3.63) is 11.8 Å². The number of H-pyrrole nitrogens is 1. The summed E-state index contributed by atoms with van der Waals surface area (Å²) >= 11 is 0. The third-order valence-electron chi connectivity index (χ3n) is 2.94. The van der Waals surface area contributed by atoms with E-state index in [4.69, 9.17) is 9.47 Å². The fourth-order valence-corrected chi connectivity index (χ4v) is 3.47. The third-order valence-corrected chi connectivity index (χ3v) is 4.86. The van der Waals surface area contributed by atoms with E-state index in [1.807, 2.05) is 0 Å². The van der Waals surface area contributed by atoms with Crippen molar-refractivity contribution in [2.45, 2.75) is 18.0 Å². The molecule has 2 N–H and O–H groups in total. The van der Waals surface area contributed by atoms with Gasteiger partial charge < -0.3 is 14.8 Å². The Morgan fingerprint density at radius 3 is 2.62 bits per heavy atom. The zero-order chi connectivity index (χ0) is 15.7. The van der Waals surface area contributed by atoms with Crippen molar-refractivity contribution in [2.75, 3.05) is 47.6 Å². The van der Waals surface area contributed by atoms with E-state index in [2.05, 4.69) is 15.5 Å². The minimum Gasteiger partial charge on any atom is -0.385 e. The molecule has 0 saturated heterocycles. The Balaban J connectivity index is 2.93. The average Bonchev–Trinajstić information content (AvgIpc) is 2.92. The van der Waals surface area contributed by atoms with E-state index >= 15 is 0 Å². The third kappa shape index (κ3) is 5.04. The van der Waals surface area contributed by atoms with Crippen molar-refractivity contribution in [1.29, 1.82) is 0 Å². The first-order valence-corrected chi connectivity index (χ1v) is 8.16. The molecule has 1 aromatic heterocycles. The van der Waals surface area contributed by atoms with Gasteiger partial charge in [0.05, 0.1) is 12.8 Å². The number of aromatic amines is 1. The van der Waals surface area contributed by atoms with Crippen LogP contribution in [0.25, 0.3) is 0 Å². The van der Waals surface area contributed by atoms with Crippen molar-refractivity contribution < 1.29 is 17.9 Å². The molecule has 0 spiro atoms. The summed E-state index contributed by atoms with van der Waals surface area (Å²) in [7, 11) is 1.27. The van der Waals surface area contributed by atoms with Gasteiger partial charge in [-0.2, -0.15) is 9.40 Å². The Labute approximate surface area is 125 Å².